The molecule has 0 aliphatic heterocycles. The number of unbranched alkanes of at least 4 members (excludes halogenated alkanes) is 3. The summed E-state index contributed by atoms with van der Waals surface area (Å²) in [7, 11) is 0. The molecule has 0 saturated heterocycles. The van der Waals surface area contributed by atoms with Crippen LogP contribution in [0.15, 0.2) is 48.5 Å². The molecule has 1 fully saturated rings. The molecule has 2 aromatic rings. The van der Waals surface area contributed by atoms with E-state index in [0.29, 0.717) is 0 Å². The van der Waals surface area contributed by atoms with Crippen molar-refractivity contribution in [3.05, 3.63) is 70.8 Å². The Morgan fingerprint density at radius 3 is 1.89 bits per heavy atom. The molecule has 0 amide bonds. The predicted octanol–water partition coefficient (Wildman–Crippen LogP) is 8.02. The van der Waals surface area contributed by atoms with Crippen molar-refractivity contribution in [2.75, 3.05) is 0 Å². The van der Waals surface area contributed by atoms with Crippen molar-refractivity contribution in [3.8, 4) is 0 Å². The van der Waals surface area contributed by atoms with Gasteiger partial charge in [0, 0.05) is 0 Å². The van der Waals surface area contributed by atoms with Crippen LogP contribution in [0.3, 0.4) is 0 Å². The molecule has 0 N–H and O–H groups in total. The summed E-state index contributed by atoms with van der Waals surface area (Å²) in [5, 5.41) is 0. The number of aryl methyl sites for hydroxylation is 3. The fourth-order valence-electron chi connectivity index (χ4n) is 4.64. The van der Waals surface area contributed by atoms with E-state index in [0.717, 1.165) is 24.7 Å². The maximum atomic E-state index is 2.41. The summed E-state index contributed by atoms with van der Waals surface area (Å²) in [5.41, 5.74) is 5.85. The van der Waals surface area contributed by atoms with E-state index in [2.05, 4.69) is 62.4 Å². The van der Waals surface area contributed by atoms with Crippen molar-refractivity contribution in [2.45, 2.75) is 90.4 Å². The Bertz CT molecular complexity index is 641. The van der Waals surface area contributed by atoms with E-state index < -0.39 is 0 Å². The summed E-state index contributed by atoms with van der Waals surface area (Å²) in [4.78, 5) is 0. The summed E-state index contributed by atoms with van der Waals surface area (Å²) in [5.74, 6) is 1.81. The Morgan fingerprint density at radius 1 is 0.704 bits per heavy atom. The minimum atomic E-state index is 0.808. The highest BCUT2D eigenvalue weighted by Crippen LogP contribution is 2.37. The highest BCUT2D eigenvalue weighted by molar-refractivity contribution is 5.27. The molecule has 0 radical (unpaired) electrons. The molecule has 0 spiro atoms. The van der Waals surface area contributed by atoms with Crippen LogP contribution in [0.25, 0.3) is 0 Å². The van der Waals surface area contributed by atoms with E-state index in [-0.39, 0.29) is 0 Å². The van der Waals surface area contributed by atoms with Gasteiger partial charge in [0.15, 0.2) is 0 Å². The Labute approximate surface area is 167 Å². The van der Waals surface area contributed by atoms with Crippen LogP contribution in [0.5, 0.6) is 0 Å². The second-order valence-electron chi connectivity index (χ2n) is 8.79. The van der Waals surface area contributed by atoms with Crippen molar-refractivity contribution in [1.29, 1.82) is 0 Å². The van der Waals surface area contributed by atoms with Crippen molar-refractivity contribution >= 4 is 0 Å². The molecule has 2 aromatic carbocycles. The van der Waals surface area contributed by atoms with Gasteiger partial charge in [0.25, 0.3) is 0 Å². The molecule has 27 heavy (non-hydrogen) atoms. The number of rotatable bonds is 9. The normalized spacial score (nSPS) is 19.9. The topological polar surface area (TPSA) is 0 Å². The molecule has 0 heteroatoms. The largest absolute Gasteiger partial charge is 0.0654 e. The third kappa shape index (κ3) is 6.52. The van der Waals surface area contributed by atoms with Crippen LogP contribution in [-0.2, 0) is 12.8 Å². The summed E-state index contributed by atoms with van der Waals surface area (Å²) in [6.45, 7) is 4.46. The summed E-state index contributed by atoms with van der Waals surface area (Å²) in [6.07, 6.45) is 15.2. The molecule has 0 bridgehead atoms. The quantitative estimate of drug-likeness (QED) is 0.396. The van der Waals surface area contributed by atoms with Crippen LogP contribution in [0.4, 0.5) is 0 Å². The molecular weight excluding hydrogens is 324 g/mol. The van der Waals surface area contributed by atoms with Crippen LogP contribution in [0.2, 0.25) is 0 Å². The minimum Gasteiger partial charge on any atom is -0.0654 e. The van der Waals surface area contributed by atoms with Gasteiger partial charge < -0.3 is 0 Å². The SMILES string of the molecule is CCCCCCC1CCC(c2ccc(CCc3ccc(C)cc3)cc2)CC1. The van der Waals surface area contributed by atoms with Crippen LogP contribution in [-0.4, -0.2) is 0 Å². The molecule has 0 atom stereocenters. The Kier molecular flexibility index (Phi) is 7.99. The van der Waals surface area contributed by atoms with Crippen LogP contribution in [0.1, 0.15) is 92.9 Å². The van der Waals surface area contributed by atoms with Crippen molar-refractivity contribution in [1.82, 2.24) is 0 Å². The third-order valence-electron chi connectivity index (χ3n) is 6.59. The van der Waals surface area contributed by atoms with E-state index in [9.17, 15) is 0 Å². The summed E-state index contributed by atoms with van der Waals surface area (Å²) in [6, 6.07) is 18.6. The van der Waals surface area contributed by atoms with Gasteiger partial charge in [-0.05, 0) is 74.0 Å². The van der Waals surface area contributed by atoms with Gasteiger partial charge in [-0.2, -0.15) is 0 Å². The van der Waals surface area contributed by atoms with Crippen molar-refractivity contribution in [2.24, 2.45) is 5.92 Å². The van der Waals surface area contributed by atoms with Gasteiger partial charge in [-0.3, -0.25) is 0 Å². The maximum Gasteiger partial charge on any atom is -0.0162 e. The molecule has 0 aromatic heterocycles. The molecule has 0 nitrogen and oxygen atoms in total. The summed E-state index contributed by atoms with van der Waals surface area (Å²) >= 11 is 0. The first-order chi connectivity index (χ1) is 13.2. The van der Waals surface area contributed by atoms with E-state index in [4.69, 9.17) is 0 Å². The lowest BCUT2D eigenvalue weighted by Gasteiger charge is -2.29. The van der Waals surface area contributed by atoms with Gasteiger partial charge in [0.1, 0.15) is 0 Å². The van der Waals surface area contributed by atoms with E-state index >= 15 is 0 Å². The minimum absolute atomic E-state index is 0.808. The van der Waals surface area contributed by atoms with Crippen LogP contribution >= 0.6 is 0 Å². The molecule has 0 heterocycles. The first-order valence-electron chi connectivity index (χ1n) is 11.4. The van der Waals surface area contributed by atoms with Gasteiger partial charge in [-0.1, -0.05) is 93.1 Å². The Morgan fingerprint density at radius 2 is 1.30 bits per heavy atom. The van der Waals surface area contributed by atoms with Gasteiger partial charge in [-0.25, -0.2) is 0 Å². The first-order valence-corrected chi connectivity index (χ1v) is 11.4. The van der Waals surface area contributed by atoms with Gasteiger partial charge in [-0.15, -0.1) is 0 Å². The Hall–Kier alpha value is -1.56. The fourth-order valence-corrected chi connectivity index (χ4v) is 4.64. The van der Waals surface area contributed by atoms with E-state index in [1.54, 1.807) is 5.56 Å². The molecule has 3 rings (SSSR count). The summed E-state index contributed by atoms with van der Waals surface area (Å²) < 4.78 is 0. The molecule has 0 unspecified atom stereocenters. The molecule has 1 aliphatic carbocycles. The van der Waals surface area contributed by atoms with Crippen molar-refractivity contribution in [3.63, 3.8) is 0 Å². The number of hydrogen-bond acceptors (Lipinski definition) is 0. The zero-order valence-electron chi connectivity index (χ0n) is 17.6. The zero-order chi connectivity index (χ0) is 18.9. The smallest absolute Gasteiger partial charge is 0.0162 e. The first kappa shape index (κ1) is 20.2. The molecule has 1 saturated carbocycles. The molecule has 146 valence electrons. The monoisotopic (exact) mass is 362 g/mol. The van der Waals surface area contributed by atoms with E-state index in [1.165, 1.54) is 74.5 Å². The highest BCUT2D eigenvalue weighted by Gasteiger charge is 2.21. The Balaban J connectivity index is 1.42. The number of hydrogen-bond donors (Lipinski definition) is 0. The lowest BCUT2D eigenvalue weighted by atomic mass is 9.77. The van der Waals surface area contributed by atoms with Crippen molar-refractivity contribution < 1.29 is 0 Å². The number of benzene rings is 2. The predicted molar refractivity (Wildman–Crippen MR) is 118 cm³/mol. The second kappa shape index (κ2) is 10.7. The average Bonchev–Trinajstić information content (AvgIpc) is 2.72. The fraction of sp³-hybridized carbons (Fsp3) is 0.556. The van der Waals surface area contributed by atoms with E-state index in [1.807, 2.05) is 0 Å². The molecule has 1 aliphatic rings. The molecular formula is C27H38. The van der Waals surface area contributed by atoms with Gasteiger partial charge in [0.05, 0.1) is 0 Å². The standard InChI is InChI=1S/C27H38/c1-3-4-5-6-7-23-14-18-26(19-15-23)27-20-16-25(17-21-27)13-12-24-10-8-22(2)9-11-24/h8-11,16-17,20-21,23,26H,3-7,12-15,18-19H2,1-2H3. The highest BCUT2D eigenvalue weighted by atomic mass is 14.3. The zero-order valence-corrected chi connectivity index (χ0v) is 17.6. The maximum absolute atomic E-state index is 2.41. The van der Waals surface area contributed by atoms with Crippen LogP contribution in [0, 0.1) is 12.8 Å². The lowest BCUT2D eigenvalue weighted by Crippen LogP contribution is -2.13. The van der Waals surface area contributed by atoms with Gasteiger partial charge in [0.2, 0.25) is 0 Å². The lowest BCUT2D eigenvalue weighted by molar-refractivity contribution is 0.302. The van der Waals surface area contributed by atoms with Gasteiger partial charge >= 0.3 is 0 Å². The second-order valence-corrected chi connectivity index (χ2v) is 8.79. The third-order valence-corrected chi connectivity index (χ3v) is 6.59. The van der Waals surface area contributed by atoms with Crippen LogP contribution < -0.4 is 0 Å². The average molecular weight is 363 g/mol.